The molecule has 2 heterocycles. The Morgan fingerprint density at radius 1 is 0.867 bits per heavy atom. The van der Waals surface area contributed by atoms with Crippen LogP contribution in [0.15, 0.2) is 59.0 Å². The largest absolute Gasteiger partial charge is 0.423 e. The van der Waals surface area contributed by atoms with Gasteiger partial charge in [0, 0.05) is 19.5 Å². The van der Waals surface area contributed by atoms with Crippen LogP contribution in [0.3, 0.4) is 0 Å². The molecule has 1 aliphatic heterocycles. The number of nitrogens with one attached hydrogen (secondary N) is 5. The summed E-state index contributed by atoms with van der Waals surface area (Å²) in [6.45, 7) is 4.04. The van der Waals surface area contributed by atoms with Gasteiger partial charge in [0.05, 0.1) is 6.61 Å². The summed E-state index contributed by atoms with van der Waals surface area (Å²) in [5.41, 5.74) is 1.85. The lowest BCUT2D eigenvalue weighted by molar-refractivity contribution is -0.135. The normalized spacial score (nSPS) is 23.0. The number of para-hydroxylation sites is 2. The van der Waals surface area contributed by atoms with Crippen molar-refractivity contribution in [2.45, 2.75) is 51.4 Å². The number of anilines is 1. The van der Waals surface area contributed by atoms with Crippen LogP contribution in [0.25, 0.3) is 11.1 Å². The van der Waals surface area contributed by atoms with Crippen LogP contribution in [0.4, 0.5) is 6.01 Å². The van der Waals surface area contributed by atoms with Gasteiger partial charge in [0.1, 0.15) is 36.2 Å². The van der Waals surface area contributed by atoms with Gasteiger partial charge in [-0.2, -0.15) is 4.98 Å². The third kappa shape index (κ3) is 8.79. The van der Waals surface area contributed by atoms with E-state index in [2.05, 4.69) is 31.6 Å². The maximum absolute atomic E-state index is 13.4. The summed E-state index contributed by atoms with van der Waals surface area (Å²) in [4.78, 5) is 72.0. The third-order valence-electron chi connectivity index (χ3n) is 7.32. The Balaban J connectivity index is 1.64. The Hall–Kier alpha value is -4.98. The predicted octanol–water partition coefficient (Wildman–Crippen LogP) is -0.386. The summed E-state index contributed by atoms with van der Waals surface area (Å²) in [6, 6.07) is 11.7. The number of aliphatic hydroxyl groups excluding tert-OH is 1. The lowest BCUT2D eigenvalue weighted by Gasteiger charge is -2.27. The van der Waals surface area contributed by atoms with E-state index in [0.717, 1.165) is 5.56 Å². The van der Waals surface area contributed by atoms with E-state index in [4.69, 9.17) is 4.42 Å². The molecule has 4 atom stereocenters. The van der Waals surface area contributed by atoms with E-state index in [1.807, 2.05) is 6.07 Å². The molecule has 5 amide bonds. The SMILES string of the molecule is CC(C)[C@H]1NC(=O)CN(c2nc3ccccc3o2)CCNC(=O)[C@@H](Cc2ccccc2)NC(=O)[C@H](CO)NC(=O)[C@H](C)NC1=O. The Bertz CT molecular complexity index is 1480. The van der Waals surface area contributed by atoms with Gasteiger partial charge < -0.3 is 41.0 Å². The number of hydrogen-bond donors (Lipinski definition) is 6. The quantitative estimate of drug-likeness (QED) is 0.220. The fourth-order valence-electron chi connectivity index (χ4n) is 4.79. The van der Waals surface area contributed by atoms with Crippen LogP contribution >= 0.6 is 0 Å². The fraction of sp³-hybridized carbons (Fsp3) is 0.419. The van der Waals surface area contributed by atoms with E-state index in [0.29, 0.717) is 11.1 Å². The number of oxazole rings is 1. The molecular formula is C31H39N7O7. The van der Waals surface area contributed by atoms with Gasteiger partial charge in [-0.25, -0.2) is 0 Å². The van der Waals surface area contributed by atoms with E-state index in [-0.39, 0.29) is 38.0 Å². The molecule has 6 N–H and O–H groups in total. The van der Waals surface area contributed by atoms with E-state index in [9.17, 15) is 29.1 Å². The van der Waals surface area contributed by atoms with Gasteiger partial charge in [0.25, 0.3) is 6.01 Å². The number of hydrogen-bond acceptors (Lipinski definition) is 9. The highest BCUT2D eigenvalue weighted by atomic mass is 16.4. The number of rotatable bonds is 5. The van der Waals surface area contributed by atoms with E-state index in [1.165, 1.54) is 11.8 Å². The molecule has 14 nitrogen and oxygen atoms in total. The monoisotopic (exact) mass is 621 g/mol. The van der Waals surface area contributed by atoms with Crippen molar-refractivity contribution in [3.05, 3.63) is 60.2 Å². The van der Waals surface area contributed by atoms with Crippen molar-refractivity contribution in [2.75, 3.05) is 31.1 Å². The second-order valence-electron chi connectivity index (χ2n) is 11.2. The van der Waals surface area contributed by atoms with Gasteiger partial charge in [-0.15, -0.1) is 0 Å². The van der Waals surface area contributed by atoms with Crippen LogP contribution in [0.5, 0.6) is 0 Å². The molecule has 2 aromatic carbocycles. The van der Waals surface area contributed by atoms with Crippen molar-refractivity contribution < 1.29 is 33.5 Å². The minimum absolute atomic E-state index is 0.0395. The third-order valence-corrected chi connectivity index (χ3v) is 7.32. The maximum Gasteiger partial charge on any atom is 0.298 e. The molecule has 0 saturated carbocycles. The zero-order valence-corrected chi connectivity index (χ0v) is 25.4. The first-order valence-corrected chi connectivity index (χ1v) is 14.8. The summed E-state index contributed by atoms with van der Waals surface area (Å²) >= 11 is 0. The average molecular weight is 622 g/mol. The standard InChI is InChI=1S/C31H39N7O7/c1-18(2)26-30(44)33-19(3)27(41)35-23(17-39)29(43)34-22(15-20-9-5-4-6-10-20)28(42)32-13-14-38(16-25(40)37-26)31-36-21-11-7-8-12-24(21)45-31/h4-12,18-19,22-23,26,39H,13-17H2,1-3H3,(H,32,42)(H,33,44)(H,34,43)(H,35,41)(H,37,40)/t19-,22+,23-,26+/m0/s1. The van der Waals surface area contributed by atoms with Crippen molar-refractivity contribution in [3.63, 3.8) is 0 Å². The van der Waals surface area contributed by atoms with Crippen LogP contribution in [-0.4, -0.2) is 90.0 Å². The van der Waals surface area contributed by atoms with Crippen LogP contribution < -0.4 is 31.5 Å². The van der Waals surface area contributed by atoms with Crippen LogP contribution in [0.1, 0.15) is 26.3 Å². The number of fused-ring (bicyclic) bond motifs is 1. The van der Waals surface area contributed by atoms with Crippen molar-refractivity contribution in [3.8, 4) is 0 Å². The smallest absolute Gasteiger partial charge is 0.298 e. The van der Waals surface area contributed by atoms with E-state index >= 15 is 0 Å². The highest BCUT2D eigenvalue weighted by molar-refractivity contribution is 5.96. The average Bonchev–Trinajstić information content (AvgIpc) is 3.45. The van der Waals surface area contributed by atoms with E-state index in [1.54, 1.807) is 62.4 Å². The number of amides is 5. The first kappa shape index (κ1) is 32.9. The Kier molecular flexibility index (Phi) is 11.1. The number of carbonyl (C=O) groups is 5. The van der Waals surface area contributed by atoms with Gasteiger partial charge >= 0.3 is 0 Å². The predicted molar refractivity (Wildman–Crippen MR) is 165 cm³/mol. The van der Waals surface area contributed by atoms with E-state index < -0.39 is 60.3 Å². The second-order valence-corrected chi connectivity index (χ2v) is 11.2. The number of benzene rings is 2. The number of nitrogens with zero attached hydrogens (tertiary/aromatic N) is 2. The minimum Gasteiger partial charge on any atom is -0.423 e. The van der Waals surface area contributed by atoms with Gasteiger partial charge in [-0.05, 0) is 30.5 Å². The first-order chi connectivity index (χ1) is 21.5. The van der Waals surface area contributed by atoms with Crippen molar-refractivity contribution in [2.24, 2.45) is 5.92 Å². The maximum atomic E-state index is 13.4. The molecule has 14 heteroatoms. The van der Waals surface area contributed by atoms with Crippen LogP contribution in [-0.2, 0) is 30.4 Å². The highest BCUT2D eigenvalue weighted by Gasteiger charge is 2.31. The molecule has 0 aliphatic carbocycles. The summed E-state index contributed by atoms with van der Waals surface area (Å²) < 4.78 is 5.90. The molecule has 1 aliphatic rings. The molecule has 3 aromatic rings. The number of aliphatic hydroxyl groups is 1. The van der Waals surface area contributed by atoms with Gasteiger partial charge in [0.2, 0.25) is 29.5 Å². The Morgan fingerprint density at radius 3 is 2.24 bits per heavy atom. The molecule has 0 radical (unpaired) electrons. The molecule has 240 valence electrons. The Morgan fingerprint density at radius 2 is 1.56 bits per heavy atom. The topological polar surface area (TPSA) is 195 Å². The summed E-state index contributed by atoms with van der Waals surface area (Å²) in [6.07, 6.45) is 0.130. The zero-order chi connectivity index (χ0) is 32.5. The first-order valence-electron chi connectivity index (χ1n) is 14.8. The molecule has 0 spiro atoms. The summed E-state index contributed by atoms with van der Waals surface area (Å²) in [7, 11) is 0. The number of aromatic nitrogens is 1. The zero-order valence-electron chi connectivity index (χ0n) is 25.4. The summed E-state index contributed by atoms with van der Waals surface area (Å²) in [5, 5.41) is 23.1. The van der Waals surface area contributed by atoms with Crippen molar-refractivity contribution in [1.82, 2.24) is 31.6 Å². The summed E-state index contributed by atoms with van der Waals surface area (Å²) in [5.74, 6) is -3.48. The van der Waals surface area contributed by atoms with Gasteiger partial charge in [0.15, 0.2) is 5.58 Å². The lowest BCUT2D eigenvalue weighted by Crippen LogP contribution is -2.60. The molecule has 4 rings (SSSR count). The van der Waals surface area contributed by atoms with Crippen LogP contribution in [0, 0.1) is 5.92 Å². The molecule has 1 aromatic heterocycles. The lowest BCUT2D eigenvalue weighted by atomic mass is 10.0. The fourth-order valence-corrected chi connectivity index (χ4v) is 4.79. The number of carbonyl (C=O) groups excluding carboxylic acids is 5. The molecule has 0 bridgehead atoms. The molecule has 1 fully saturated rings. The van der Waals surface area contributed by atoms with Gasteiger partial charge in [-0.3, -0.25) is 24.0 Å². The van der Waals surface area contributed by atoms with Crippen LogP contribution in [0.2, 0.25) is 0 Å². The molecule has 0 unspecified atom stereocenters. The Labute approximate surface area is 260 Å². The van der Waals surface area contributed by atoms with Crippen molar-refractivity contribution in [1.29, 1.82) is 0 Å². The molecular weight excluding hydrogens is 582 g/mol. The van der Waals surface area contributed by atoms with Crippen molar-refractivity contribution >= 4 is 46.7 Å². The second kappa shape index (κ2) is 15.1. The molecule has 1 saturated heterocycles. The minimum atomic E-state index is -1.39. The van der Waals surface area contributed by atoms with Gasteiger partial charge in [-0.1, -0.05) is 56.3 Å². The highest BCUT2D eigenvalue weighted by Crippen LogP contribution is 2.21. The molecule has 45 heavy (non-hydrogen) atoms.